The van der Waals surface area contributed by atoms with Crippen molar-refractivity contribution in [2.24, 2.45) is 0 Å². The number of halogens is 1. The summed E-state index contributed by atoms with van der Waals surface area (Å²) in [5.41, 5.74) is 1.56. The Labute approximate surface area is 123 Å². The molecule has 3 rings (SSSR count). The van der Waals surface area contributed by atoms with Crippen LogP contribution in [0.1, 0.15) is 24.2 Å². The van der Waals surface area contributed by atoms with E-state index in [0.717, 1.165) is 12.2 Å². The van der Waals surface area contributed by atoms with Gasteiger partial charge in [-0.05, 0) is 31.2 Å². The van der Waals surface area contributed by atoms with Gasteiger partial charge in [-0.1, -0.05) is 18.2 Å². The Morgan fingerprint density at radius 2 is 2.05 bits per heavy atom. The molecule has 4 heteroatoms. The van der Waals surface area contributed by atoms with Crippen molar-refractivity contribution in [2.45, 2.75) is 19.5 Å². The fourth-order valence-corrected chi connectivity index (χ4v) is 2.75. The molecule has 1 aliphatic rings. The lowest BCUT2D eigenvalue weighted by Gasteiger charge is -2.34. The zero-order valence-corrected chi connectivity index (χ0v) is 11.9. The first-order valence-electron chi connectivity index (χ1n) is 7.05. The second-order valence-corrected chi connectivity index (χ2v) is 5.19. The van der Waals surface area contributed by atoms with Gasteiger partial charge < -0.3 is 9.47 Å². The molecule has 1 aromatic carbocycles. The summed E-state index contributed by atoms with van der Waals surface area (Å²) in [4.78, 5) is 14.1. The van der Waals surface area contributed by atoms with Crippen LogP contribution in [0.4, 0.5) is 4.39 Å². The van der Waals surface area contributed by atoms with Gasteiger partial charge in [-0.15, -0.1) is 0 Å². The third kappa shape index (κ3) is 2.61. The van der Waals surface area contributed by atoms with Crippen molar-refractivity contribution in [1.29, 1.82) is 0 Å². The summed E-state index contributed by atoms with van der Waals surface area (Å²) in [6.45, 7) is 3.48. The number of hydrogen-bond acceptors (Lipinski definition) is 1. The van der Waals surface area contributed by atoms with Crippen molar-refractivity contribution in [3.63, 3.8) is 0 Å². The molecular formula is C17H17FN2O. The van der Waals surface area contributed by atoms with Gasteiger partial charge in [0.15, 0.2) is 0 Å². The highest BCUT2D eigenvalue weighted by molar-refractivity contribution is 5.92. The van der Waals surface area contributed by atoms with Crippen LogP contribution in [0.25, 0.3) is 6.08 Å². The minimum atomic E-state index is -0.317. The number of carbonyl (C=O) groups is 1. The van der Waals surface area contributed by atoms with Crippen LogP contribution in [0.5, 0.6) is 0 Å². The molecule has 1 unspecified atom stereocenters. The van der Waals surface area contributed by atoms with Crippen molar-refractivity contribution < 1.29 is 9.18 Å². The Morgan fingerprint density at radius 3 is 2.86 bits per heavy atom. The molecule has 21 heavy (non-hydrogen) atoms. The van der Waals surface area contributed by atoms with E-state index in [1.807, 2.05) is 30.2 Å². The fourth-order valence-electron chi connectivity index (χ4n) is 2.75. The minimum Gasteiger partial charge on any atom is -0.348 e. The van der Waals surface area contributed by atoms with Gasteiger partial charge in [0, 0.05) is 36.6 Å². The zero-order valence-electron chi connectivity index (χ0n) is 11.9. The van der Waals surface area contributed by atoms with Gasteiger partial charge >= 0.3 is 0 Å². The van der Waals surface area contributed by atoms with E-state index in [0.29, 0.717) is 12.1 Å². The van der Waals surface area contributed by atoms with E-state index < -0.39 is 0 Å². The lowest BCUT2D eigenvalue weighted by Crippen LogP contribution is -2.39. The third-order valence-electron chi connectivity index (χ3n) is 3.94. The standard InChI is InChI=1S/C17H17FN2O/c1-13-16-7-4-10-19(16)11-12-20(13)17(21)9-8-14-5-2-3-6-15(14)18/h2-10,13H,11-12H2,1H3/b9-8+. The van der Waals surface area contributed by atoms with Crippen LogP contribution in [0.3, 0.4) is 0 Å². The van der Waals surface area contributed by atoms with E-state index in [4.69, 9.17) is 0 Å². The van der Waals surface area contributed by atoms with Gasteiger partial charge in [-0.2, -0.15) is 0 Å². The molecule has 0 fully saturated rings. The summed E-state index contributed by atoms with van der Waals surface area (Å²) in [5.74, 6) is -0.402. The summed E-state index contributed by atoms with van der Waals surface area (Å²) in [7, 11) is 0. The average molecular weight is 284 g/mol. The molecule has 0 saturated carbocycles. The molecule has 0 spiro atoms. The van der Waals surface area contributed by atoms with Crippen molar-refractivity contribution in [3.8, 4) is 0 Å². The van der Waals surface area contributed by atoms with Crippen LogP contribution >= 0.6 is 0 Å². The smallest absolute Gasteiger partial charge is 0.247 e. The predicted molar refractivity (Wildman–Crippen MR) is 80.0 cm³/mol. The molecule has 0 saturated heterocycles. The van der Waals surface area contributed by atoms with E-state index >= 15 is 0 Å². The number of rotatable bonds is 2. The van der Waals surface area contributed by atoms with Crippen LogP contribution in [-0.4, -0.2) is 21.9 Å². The molecular weight excluding hydrogens is 267 g/mol. The third-order valence-corrected chi connectivity index (χ3v) is 3.94. The van der Waals surface area contributed by atoms with E-state index in [1.165, 1.54) is 18.2 Å². The van der Waals surface area contributed by atoms with Gasteiger partial charge in [0.05, 0.1) is 6.04 Å². The maximum absolute atomic E-state index is 13.5. The van der Waals surface area contributed by atoms with Crippen LogP contribution in [0.15, 0.2) is 48.7 Å². The maximum Gasteiger partial charge on any atom is 0.247 e. The average Bonchev–Trinajstić information content (AvgIpc) is 2.96. The molecule has 0 bridgehead atoms. The van der Waals surface area contributed by atoms with E-state index in [-0.39, 0.29) is 17.8 Å². The van der Waals surface area contributed by atoms with Gasteiger partial charge in [-0.25, -0.2) is 4.39 Å². The van der Waals surface area contributed by atoms with Gasteiger partial charge in [0.2, 0.25) is 5.91 Å². The second-order valence-electron chi connectivity index (χ2n) is 5.19. The molecule has 1 aliphatic heterocycles. The zero-order chi connectivity index (χ0) is 14.8. The lowest BCUT2D eigenvalue weighted by atomic mass is 10.1. The monoisotopic (exact) mass is 284 g/mol. The van der Waals surface area contributed by atoms with Gasteiger partial charge in [-0.3, -0.25) is 4.79 Å². The van der Waals surface area contributed by atoms with Gasteiger partial charge in [0.25, 0.3) is 0 Å². The molecule has 108 valence electrons. The topological polar surface area (TPSA) is 25.2 Å². The normalized spacial score (nSPS) is 18.0. The number of fused-ring (bicyclic) bond motifs is 1. The molecule has 1 aromatic heterocycles. The largest absolute Gasteiger partial charge is 0.348 e. The number of hydrogen-bond donors (Lipinski definition) is 0. The predicted octanol–water partition coefficient (Wildman–Crippen LogP) is 3.24. The molecule has 0 radical (unpaired) electrons. The molecule has 0 N–H and O–H groups in total. The Balaban J connectivity index is 1.76. The van der Waals surface area contributed by atoms with E-state index in [9.17, 15) is 9.18 Å². The number of nitrogens with zero attached hydrogens (tertiary/aromatic N) is 2. The number of amides is 1. The van der Waals surface area contributed by atoms with Crippen LogP contribution in [-0.2, 0) is 11.3 Å². The Kier molecular flexibility index (Phi) is 3.60. The SMILES string of the molecule is CC1c2cccn2CCN1C(=O)/C=C/c1ccccc1F. The van der Waals surface area contributed by atoms with Crippen LogP contribution in [0.2, 0.25) is 0 Å². The van der Waals surface area contributed by atoms with Crippen molar-refractivity contribution in [3.05, 3.63) is 65.7 Å². The van der Waals surface area contributed by atoms with Crippen molar-refractivity contribution >= 4 is 12.0 Å². The highest BCUT2D eigenvalue weighted by Gasteiger charge is 2.25. The Bertz CT molecular complexity index is 690. The first-order valence-corrected chi connectivity index (χ1v) is 7.05. The van der Waals surface area contributed by atoms with Crippen LogP contribution < -0.4 is 0 Å². The van der Waals surface area contributed by atoms with Gasteiger partial charge in [0.1, 0.15) is 5.82 Å². The number of aromatic nitrogens is 1. The second kappa shape index (κ2) is 5.56. The molecule has 0 aliphatic carbocycles. The summed E-state index contributed by atoms with van der Waals surface area (Å²) in [5, 5.41) is 0. The first-order chi connectivity index (χ1) is 10.2. The first kappa shape index (κ1) is 13.6. The highest BCUT2D eigenvalue weighted by Crippen LogP contribution is 2.25. The molecule has 3 nitrogen and oxygen atoms in total. The molecule has 1 amide bonds. The summed E-state index contributed by atoms with van der Waals surface area (Å²) < 4.78 is 15.7. The lowest BCUT2D eigenvalue weighted by molar-refractivity contribution is -0.129. The number of benzene rings is 1. The summed E-state index contributed by atoms with van der Waals surface area (Å²) >= 11 is 0. The molecule has 2 aromatic rings. The highest BCUT2D eigenvalue weighted by atomic mass is 19.1. The Morgan fingerprint density at radius 1 is 1.24 bits per heavy atom. The fraction of sp³-hybridized carbons (Fsp3) is 0.235. The minimum absolute atomic E-state index is 0.0338. The molecule has 1 atom stereocenters. The number of carbonyl (C=O) groups excluding carboxylic acids is 1. The molecule has 2 heterocycles. The van der Waals surface area contributed by atoms with E-state index in [1.54, 1.807) is 18.2 Å². The van der Waals surface area contributed by atoms with Crippen LogP contribution in [0, 0.1) is 5.82 Å². The summed E-state index contributed by atoms with van der Waals surface area (Å²) in [6, 6.07) is 10.5. The quantitative estimate of drug-likeness (QED) is 0.777. The van der Waals surface area contributed by atoms with Crippen molar-refractivity contribution in [2.75, 3.05) is 6.54 Å². The Hall–Kier alpha value is -2.36. The maximum atomic E-state index is 13.5. The van der Waals surface area contributed by atoms with Crippen molar-refractivity contribution in [1.82, 2.24) is 9.47 Å². The summed E-state index contributed by atoms with van der Waals surface area (Å²) in [6.07, 6.45) is 5.02. The van der Waals surface area contributed by atoms with E-state index in [2.05, 4.69) is 4.57 Å².